The van der Waals surface area contributed by atoms with Gasteiger partial charge >= 0.3 is 0 Å². The summed E-state index contributed by atoms with van der Waals surface area (Å²) in [7, 11) is 1.66. The van der Waals surface area contributed by atoms with E-state index in [2.05, 4.69) is 32.3 Å². The number of rotatable bonds is 4. The molecule has 0 bridgehead atoms. The molecule has 1 aliphatic rings. The van der Waals surface area contributed by atoms with E-state index in [-0.39, 0.29) is 23.8 Å². The third-order valence-corrected chi connectivity index (χ3v) is 5.97. The fourth-order valence-electron chi connectivity index (χ4n) is 3.93. The molecule has 0 unspecified atom stereocenters. The Morgan fingerprint density at radius 2 is 1.94 bits per heavy atom. The molecular weight excluding hydrogens is 454 g/mol. The molecule has 4 rings (SSSR count). The number of benzene rings is 2. The number of fused-ring (bicyclic) bond motifs is 1. The molecule has 0 fully saturated rings. The highest BCUT2D eigenvalue weighted by Crippen LogP contribution is 2.31. The molecule has 1 aliphatic heterocycles. The van der Waals surface area contributed by atoms with Gasteiger partial charge in [-0.25, -0.2) is 4.98 Å². The summed E-state index contributed by atoms with van der Waals surface area (Å²) in [5.74, 6) is 6.61. The van der Waals surface area contributed by atoms with Crippen LogP contribution in [0, 0.1) is 31.1 Å². The van der Waals surface area contributed by atoms with Crippen LogP contribution in [0.1, 0.15) is 59.5 Å². The molecule has 2 amide bonds. The van der Waals surface area contributed by atoms with Crippen LogP contribution in [0.5, 0.6) is 5.75 Å². The molecule has 36 heavy (non-hydrogen) atoms. The van der Waals surface area contributed by atoms with Gasteiger partial charge < -0.3 is 15.0 Å². The molecule has 2 aromatic carbocycles. The number of ether oxygens (including phenoxy) is 1. The molecule has 8 nitrogen and oxygen atoms in total. The first-order chi connectivity index (χ1) is 17.0. The lowest BCUT2D eigenvalue weighted by molar-refractivity contribution is -0.120. The van der Waals surface area contributed by atoms with Crippen LogP contribution in [0.25, 0.3) is 0 Å². The SMILES string of the molecule is Cc1cccc(C)c1Cc1nc(C(=O)N[C@H]2COc3ccc(C#CC(C)(C)C)cc3N(C)C2=O)n[nH]1. The highest BCUT2D eigenvalue weighted by atomic mass is 16.5. The van der Waals surface area contributed by atoms with Gasteiger partial charge in [-0.2, -0.15) is 0 Å². The third kappa shape index (κ3) is 5.57. The first-order valence-corrected chi connectivity index (χ1v) is 11.9. The molecule has 186 valence electrons. The number of nitrogens with one attached hydrogen (secondary N) is 2. The second-order valence-electron chi connectivity index (χ2n) is 10.1. The predicted molar refractivity (Wildman–Crippen MR) is 138 cm³/mol. The van der Waals surface area contributed by atoms with Crippen LogP contribution < -0.4 is 15.0 Å². The second kappa shape index (κ2) is 9.86. The predicted octanol–water partition coefficient (Wildman–Crippen LogP) is 3.56. The Bertz CT molecular complexity index is 1350. The van der Waals surface area contributed by atoms with Crippen molar-refractivity contribution in [3.05, 3.63) is 70.3 Å². The Morgan fingerprint density at radius 3 is 2.64 bits per heavy atom. The monoisotopic (exact) mass is 485 g/mol. The van der Waals surface area contributed by atoms with E-state index in [1.807, 2.05) is 65.0 Å². The quantitative estimate of drug-likeness (QED) is 0.551. The number of anilines is 1. The molecule has 8 heteroatoms. The number of aromatic amines is 1. The number of likely N-dealkylation sites (N-methyl/N-ethyl adjacent to an activating group) is 1. The van der Waals surface area contributed by atoms with Crippen molar-refractivity contribution in [2.75, 3.05) is 18.6 Å². The summed E-state index contributed by atoms with van der Waals surface area (Å²) in [6.45, 7) is 10.2. The van der Waals surface area contributed by atoms with Gasteiger partial charge in [0, 0.05) is 24.4 Å². The highest BCUT2D eigenvalue weighted by Gasteiger charge is 2.31. The van der Waals surface area contributed by atoms with Gasteiger partial charge in [-0.3, -0.25) is 14.7 Å². The minimum atomic E-state index is -0.889. The minimum Gasteiger partial charge on any atom is -0.489 e. The summed E-state index contributed by atoms with van der Waals surface area (Å²) in [5, 5.41) is 9.63. The van der Waals surface area contributed by atoms with E-state index in [4.69, 9.17) is 4.74 Å². The van der Waals surface area contributed by atoms with Crippen LogP contribution in [-0.4, -0.2) is 46.7 Å². The van der Waals surface area contributed by atoms with Gasteiger partial charge in [0.05, 0.1) is 5.69 Å². The van der Waals surface area contributed by atoms with Crippen molar-refractivity contribution < 1.29 is 14.3 Å². The number of aromatic nitrogens is 3. The average molecular weight is 486 g/mol. The number of amides is 2. The van der Waals surface area contributed by atoms with Crippen LogP contribution in [0.3, 0.4) is 0 Å². The minimum absolute atomic E-state index is 0.00534. The van der Waals surface area contributed by atoms with E-state index in [9.17, 15) is 9.59 Å². The molecule has 0 radical (unpaired) electrons. The van der Waals surface area contributed by atoms with Gasteiger partial charge in [0.15, 0.2) is 0 Å². The molecule has 0 saturated carbocycles. The lowest BCUT2D eigenvalue weighted by atomic mass is 9.97. The lowest BCUT2D eigenvalue weighted by Crippen LogP contribution is -2.49. The fourth-order valence-corrected chi connectivity index (χ4v) is 3.93. The van der Waals surface area contributed by atoms with E-state index < -0.39 is 11.9 Å². The van der Waals surface area contributed by atoms with Gasteiger partial charge in [-0.05, 0) is 69.5 Å². The summed E-state index contributed by atoms with van der Waals surface area (Å²) in [6.07, 6.45) is 0.530. The third-order valence-electron chi connectivity index (χ3n) is 5.97. The van der Waals surface area contributed by atoms with Crippen LogP contribution >= 0.6 is 0 Å². The summed E-state index contributed by atoms with van der Waals surface area (Å²) in [5.41, 5.74) is 4.68. The van der Waals surface area contributed by atoms with Crippen molar-refractivity contribution in [3.63, 3.8) is 0 Å². The molecule has 2 N–H and O–H groups in total. The van der Waals surface area contributed by atoms with Gasteiger partial charge in [-0.15, -0.1) is 5.10 Å². The molecule has 2 heterocycles. The van der Waals surface area contributed by atoms with E-state index >= 15 is 0 Å². The zero-order valence-corrected chi connectivity index (χ0v) is 21.5. The smallest absolute Gasteiger partial charge is 0.291 e. The standard InChI is InChI=1S/C28H31N5O3/c1-17-8-7-9-18(2)20(17)15-24-30-25(32-31-24)26(34)29-21-16-36-23-11-10-19(12-13-28(3,4)5)14-22(23)33(6)27(21)35/h7-11,14,21H,15-16H2,1-6H3,(H,29,34)(H,30,31,32)/t21-/m0/s1. The van der Waals surface area contributed by atoms with Crippen LogP contribution in [0.4, 0.5) is 5.69 Å². The molecule has 1 aromatic heterocycles. The first-order valence-electron chi connectivity index (χ1n) is 11.9. The number of carbonyl (C=O) groups excluding carboxylic acids is 2. The summed E-state index contributed by atoms with van der Waals surface area (Å²) in [4.78, 5) is 31.9. The number of carbonyl (C=O) groups is 2. The van der Waals surface area contributed by atoms with Gasteiger partial charge in [0.2, 0.25) is 5.82 Å². The van der Waals surface area contributed by atoms with Crippen molar-refractivity contribution in [2.45, 2.75) is 47.1 Å². The Labute approximate surface area is 211 Å². The van der Waals surface area contributed by atoms with Crippen LogP contribution in [0.15, 0.2) is 36.4 Å². The first kappa shape index (κ1) is 25.0. The zero-order chi connectivity index (χ0) is 26.0. The number of nitrogens with zero attached hydrogens (tertiary/aromatic N) is 3. The lowest BCUT2D eigenvalue weighted by Gasteiger charge is -2.20. The van der Waals surface area contributed by atoms with Crippen LogP contribution in [0.2, 0.25) is 0 Å². The van der Waals surface area contributed by atoms with E-state index in [0.29, 0.717) is 23.7 Å². The Kier molecular flexibility index (Phi) is 6.84. The summed E-state index contributed by atoms with van der Waals surface area (Å²) < 4.78 is 5.88. The average Bonchev–Trinajstić information content (AvgIpc) is 3.26. The second-order valence-corrected chi connectivity index (χ2v) is 10.1. The number of H-pyrrole nitrogens is 1. The van der Waals surface area contributed by atoms with Gasteiger partial charge in [0.1, 0.15) is 24.2 Å². The van der Waals surface area contributed by atoms with Crippen LogP contribution in [-0.2, 0) is 11.2 Å². The number of aryl methyl sites for hydroxylation is 2. The van der Waals surface area contributed by atoms with Crippen molar-refractivity contribution in [2.24, 2.45) is 5.41 Å². The Hall–Kier alpha value is -4.12. The summed E-state index contributed by atoms with van der Waals surface area (Å²) >= 11 is 0. The number of hydrogen-bond acceptors (Lipinski definition) is 5. The van der Waals surface area contributed by atoms with Crippen molar-refractivity contribution in [1.29, 1.82) is 0 Å². The normalized spacial score (nSPS) is 15.3. The van der Waals surface area contributed by atoms with E-state index in [1.54, 1.807) is 13.1 Å². The molecule has 0 spiro atoms. The van der Waals surface area contributed by atoms with Crippen molar-refractivity contribution >= 4 is 17.5 Å². The highest BCUT2D eigenvalue weighted by molar-refractivity contribution is 6.02. The van der Waals surface area contributed by atoms with E-state index in [0.717, 1.165) is 22.3 Å². The fraction of sp³-hybridized carbons (Fsp3) is 0.357. The molecule has 3 aromatic rings. The Balaban J connectivity index is 1.47. The molecule has 0 aliphatic carbocycles. The molecular formula is C28H31N5O3. The van der Waals surface area contributed by atoms with Gasteiger partial charge in [-0.1, -0.05) is 30.0 Å². The summed E-state index contributed by atoms with van der Waals surface area (Å²) in [6, 6.07) is 10.7. The maximum absolute atomic E-state index is 13.2. The maximum atomic E-state index is 13.2. The van der Waals surface area contributed by atoms with Gasteiger partial charge in [0.25, 0.3) is 11.8 Å². The maximum Gasteiger partial charge on any atom is 0.291 e. The topological polar surface area (TPSA) is 100 Å². The zero-order valence-electron chi connectivity index (χ0n) is 21.5. The van der Waals surface area contributed by atoms with Crippen molar-refractivity contribution in [1.82, 2.24) is 20.5 Å². The van der Waals surface area contributed by atoms with Crippen molar-refractivity contribution in [3.8, 4) is 17.6 Å². The molecule has 0 saturated heterocycles. The van der Waals surface area contributed by atoms with E-state index in [1.165, 1.54) is 4.90 Å². The molecule has 1 atom stereocenters. The number of hydrogen-bond donors (Lipinski definition) is 2. The Morgan fingerprint density at radius 1 is 1.22 bits per heavy atom. The largest absolute Gasteiger partial charge is 0.489 e.